The van der Waals surface area contributed by atoms with Gasteiger partial charge in [0.2, 0.25) is 0 Å². The lowest BCUT2D eigenvalue weighted by atomic mass is 10.1. The maximum Gasteiger partial charge on any atom is 0.407 e. The third kappa shape index (κ3) is 32.2. The Kier molecular flexibility index (Phi) is 32.7. The van der Waals surface area contributed by atoms with Crippen LogP contribution in [0.5, 0.6) is 11.5 Å². The largest absolute Gasteiger partial charge is 0.489 e. The molecule has 3 N–H and O–H groups in total. The average Bonchev–Trinajstić information content (AvgIpc) is 3.12. The van der Waals surface area contributed by atoms with Crippen LogP contribution in [0.1, 0.15) is 78.1 Å². The van der Waals surface area contributed by atoms with Gasteiger partial charge < -0.3 is 30.0 Å². The highest BCUT2D eigenvalue weighted by atomic mass is 35.5. The van der Waals surface area contributed by atoms with Gasteiger partial charge in [0.1, 0.15) is 30.3 Å². The predicted octanol–water partition coefficient (Wildman–Crippen LogP) is 8.34. The first kappa shape index (κ1) is 55.6. The molecule has 0 fully saturated rings. The number of carbonyl (C=O) groups is 2. The molecule has 12 nitrogen and oxygen atoms in total. The fraction of sp³-hybridized carbons (Fsp3) is 0.364. The first-order chi connectivity index (χ1) is 26.2. The second kappa shape index (κ2) is 33.6. The zero-order valence-corrected chi connectivity index (χ0v) is 34.0. The highest BCUT2D eigenvalue weighted by molar-refractivity contribution is 5.85. The molecule has 13 heteroatoms. The van der Waals surface area contributed by atoms with Crippen LogP contribution in [0.2, 0.25) is 0 Å². The maximum atomic E-state index is 11.8. The number of carbonyl (C=O) groups excluding carboxylic acids is 6. The zero-order chi connectivity index (χ0) is 41.5. The van der Waals surface area contributed by atoms with Gasteiger partial charge >= 0.3 is 24.4 Å². The SMILES string of the molecule is C.CC(Cc1ccc(OCc2ccccc2)cc1)NC(=O)OC(C)(C)C.CC(N)Cc1ccc(OCc2ccccc2)cc1.CCOC(C)=O.Cl.O=C=O.O=C=O. The fourth-order valence-electron chi connectivity index (χ4n) is 4.41. The van der Waals surface area contributed by atoms with Crippen LogP contribution in [0.4, 0.5) is 4.79 Å². The summed E-state index contributed by atoms with van der Waals surface area (Å²) >= 11 is 0. The van der Waals surface area contributed by atoms with E-state index in [9.17, 15) is 9.59 Å². The summed E-state index contributed by atoms with van der Waals surface area (Å²) in [6.45, 7) is 14.3. The first-order valence-electron chi connectivity index (χ1n) is 17.5. The molecular weight excluding hydrogens is 752 g/mol. The Bertz CT molecular complexity index is 1660. The van der Waals surface area contributed by atoms with Gasteiger partial charge in [0.05, 0.1) is 6.61 Å². The molecule has 0 aliphatic carbocycles. The second-order valence-corrected chi connectivity index (χ2v) is 12.9. The highest BCUT2D eigenvalue weighted by Gasteiger charge is 2.17. The molecule has 0 bridgehead atoms. The number of halogens is 1. The van der Waals surface area contributed by atoms with Crippen LogP contribution in [-0.4, -0.2) is 48.7 Å². The van der Waals surface area contributed by atoms with Gasteiger partial charge in [-0.3, -0.25) is 4.79 Å². The van der Waals surface area contributed by atoms with E-state index in [0.29, 0.717) is 19.8 Å². The Morgan fingerprint density at radius 3 is 1.33 bits per heavy atom. The molecule has 0 aromatic heterocycles. The van der Waals surface area contributed by atoms with Crippen LogP contribution in [0.15, 0.2) is 109 Å². The summed E-state index contributed by atoms with van der Waals surface area (Å²) in [5.41, 5.74) is 9.98. The minimum absolute atomic E-state index is 0. The van der Waals surface area contributed by atoms with Gasteiger partial charge in [0.25, 0.3) is 0 Å². The Morgan fingerprint density at radius 1 is 0.667 bits per heavy atom. The molecule has 4 rings (SSSR count). The lowest BCUT2D eigenvalue weighted by Crippen LogP contribution is -2.38. The lowest BCUT2D eigenvalue weighted by Gasteiger charge is -2.22. The van der Waals surface area contributed by atoms with Crippen molar-refractivity contribution in [3.63, 3.8) is 0 Å². The third-order valence-electron chi connectivity index (χ3n) is 6.55. The third-order valence-corrected chi connectivity index (χ3v) is 6.55. The second-order valence-electron chi connectivity index (χ2n) is 12.9. The monoisotopic (exact) mass is 810 g/mol. The van der Waals surface area contributed by atoms with Gasteiger partial charge in [-0.05, 0) is 101 Å². The summed E-state index contributed by atoms with van der Waals surface area (Å²) in [6.07, 6.45) is 1.75. The van der Waals surface area contributed by atoms with Gasteiger partial charge in [-0.1, -0.05) is 92.4 Å². The smallest absolute Gasteiger partial charge is 0.407 e. The number of hydrogen-bond donors (Lipinski definition) is 2. The Labute approximate surface area is 343 Å². The van der Waals surface area contributed by atoms with Crippen LogP contribution in [0, 0.1) is 0 Å². The van der Waals surface area contributed by atoms with Crippen LogP contribution >= 0.6 is 12.4 Å². The van der Waals surface area contributed by atoms with E-state index >= 15 is 0 Å². The standard InChI is InChI=1S/C21H27NO3.C16H19NO.C4H8O2.2CO2.CH4.ClH/c1-16(22-20(23)25-21(2,3)4)14-17-10-12-19(13-11-17)24-15-18-8-6-5-7-9-18;1-13(17)11-14-7-9-16(10-8-14)18-12-15-5-3-2-4-6-15;1-3-6-4(2)5;2*2-1-3;;/h5-13,16H,14-15H2,1-4H3,(H,22,23);2-10,13H,11-12,17H2,1H3;3H2,1-2H3;;;1H4;1H. The molecule has 312 valence electrons. The summed E-state index contributed by atoms with van der Waals surface area (Å²) in [6, 6.07) is 36.5. The highest BCUT2D eigenvalue weighted by Crippen LogP contribution is 2.17. The van der Waals surface area contributed by atoms with Crippen molar-refractivity contribution in [1.29, 1.82) is 0 Å². The summed E-state index contributed by atoms with van der Waals surface area (Å²) in [7, 11) is 0. The number of nitrogens with two attached hydrogens (primary N) is 1. The Balaban J connectivity index is -0.000000795. The molecule has 0 spiro atoms. The number of alkyl carbamates (subject to hydrolysis) is 1. The summed E-state index contributed by atoms with van der Waals surface area (Å²) in [4.78, 5) is 54.1. The van der Waals surface area contributed by atoms with Gasteiger partial charge in [0, 0.05) is 19.0 Å². The average molecular weight is 811 g/mol. The lowest BCUT2D eigenvalue weighted by molar-refractivity contribution is -0.193. The van der Waals surface area contributed by atoms with Crippen molar-refractivity contribution < 1.29 is 47.7 Å². The van der Waals surface area contributed by atoms with Crippen molar-refractivity contribution in [2.24, 2.45) is 5.73 Å². The van der Waals surface area contributed by atoms with Crippen molar-refractivity contribution in [3.8, 4) is 11.5 Å². The van der Waals surface area contributed by atoms with Crippen molar-refractivity contribution >= 4 is 36.8 Å². The minimum Gasteiger partial charge on any atom is -0.489 e. The van der Waals surface area contributed by atoms with Crippen molar-refractivity contribution in [3.05, 3.63) is 131 Å². The van der Waals surface area contributed by atoms with Crippen molar-refractivity contribution in [2.45, 2.75) is 99.6 Å². The molecule has 2 unspecified atom stereocenters. The normalized spacial score (nSPS) is 10.3. The molecule has 0 saturated carbocycles. The first-order valence-corrected chi connectivity index (χ1v) is 17.5. The van der Waals surface area contributed by atoms with Crippen LogP contribution in [-0.2, 0) is 59.5 Å². The van der Waals surface area contributed by atoms with Crippen LogP contribution < -0.4 is 20.5 Å². The molecular formula is C44H59ClN2O10. The quantitative estimate of drug-likeness (QED) is 0.132. The number of benzene rings is 4. The van der Waals surface area contributed by atoms with Gasteiger partial charge in [-0.2, -0.15) is 19.2 Å². The molecule has 0 aliphatic rings. The molecule has 1 amide bonds. The molecule has 4 aromatic rings. The predicted molar refractivity (Wildman–Crippen MR) is 221 cm³/mol. The molecule has 0 aliphatic heterocycles. The zero-order valence-electron chi connectivity index (χ0n) is 33.2. The van der Waals surface area contributed by atoms with E-state index in [1.807, 2.05) is 120 Å². The topological polar surface area (TPSA) is 177 Å². The van der Waals surface area contributed by atoms with Gasteiger partial charge in [-0.15, -0.1) is 12.4 Å². The number of rotatable bonds is 12. The Morgan fingerprint density at radius 2 is 1.04 bits per heavy atom. The fourth-order valence-corrected chi connectivity index (χ4v) is 4.41. The molecule has 2 atom stereocenters. The number of hydrogen-bond acceptors (Lipinski definition) is 11. The van der Waals surface area contributed by atoms with Gasteiger partial charge in [-0.25, -0.2) is 4.79 Å². The van der Waals surface area contributed by atoms with E-state index in [4.69, 9.17) is 39.1 Å². The van der Waals surface area contributed by atoms with E-state index in [0.717, 1.165) is 35.5 Å². The van der Waals surface area contributed by atoms with E-state index in [1.54, 1.807) is 6.92 Å². The summed E-state index contributed by atoms with van der Waals surface area (Å²) < 4.78 is 21.2. The Hall–Kier alpha value is -5.77. The number of esters is 1. The molecule has 0 heterocycles. The molecule has 57 heavy (non-hydrogen) atoms. The van der Waals surface area contributed by atoms with Crippen LogP contribution in [0.3, 0.4) is 0 Å². The number of ether oxygens (including phenoxy) is 4. The van der Waals surface area contributed by atoms with Crippen molar-refractivity contribution in [1.82, 2.24) is 5.32 Å². The minimum atomic E-state index is -0.485. The number of nitrogens with one attached hydrogen (secondary N) is 1. The van der Waals surface area contributed by atoms with E-state index in [-0.39, 0.29) is 56.3 Å². The van der Waals surface area contributed by atoms with Crippen molar-refractivity contribution in [2.75, 3.05) is 6.61 Å². The summed E-state index contributed by atoms with van der Waals surface area (Å²) in [5, 5.41) is 2.85. The maximum absolute atomic E-state index is 11.8. The van der Waals surface area contributed by atoms with E-state index in [1.165, 1.54) is 18.1 Å². The van der Waals surface area contributed by atoms with Gasteiger partial charge in [0.15, 0.2) is 0 Å². The summed E-state index contributed by atoms with van der Waals surface area (Å²) in [5.74, 6) is 1.52. The molecule has 0 saturated heterocycles. The molecule has 0 radical (unpaired) electrons. The number of amides is 1. The van der Waals surface area contributed by atoms with Crippen LogP contribution in [0.25, 0.3) is 0 Å². The van der Waals surface area contributed by atoms with E-state index < -0.39 is 5.60 Å². The molecule has 4 aromatic carbocycles. The van der Waals surface area contributed by atoms with E-state index in [2.05, 4.69) is 34.3 Å².